The number of hydrogen-bond donors (Lipinski definition) is 1. The fraction of sp³-hybridized carbons (Fsp3) is 0.182. The largest absolute Gasteiger partial charge is 0.468 e. The highest BCUT2D eigenvalue weighted by Gasteiger charge is 2.09. The van der Waals surface area contributed by atoms with E-state index in [1.165, 1.54) is 13.2 Å². The molecule has 0 aliphatic carbocycles. The van der Waals surface area contributed by atoms with Gasteiger partial charge in [0.2, 0.25) is 0 Å². The predicted octanol–water partition coefficient (Wildman–Crippen LogP) is 1.46. The molecule has 0 saturated heterocycles. The minimum Gasteiger partial charge on any atom is -0.468 e. The van der Waals surface area contributed by atoms with Crippen LogP contribution in [0.15, 0.2) is 12.1 Å². The number of nitrogens with two attached hydrogens (primary N) is 1. The lowest BCUT2D eigenvalue weighted by atomic mass is 10.1. The Morgan fingerprint density at radius 3 is 2.81 bits per heavy atom. The van der Waals surface area contributed by atoms with Crippen LogP contribution in [0, 0.1) is 23.5 Å². The third-order valence-electron chi connectivity index (χ3n) is 1.80. The molecule has 0 radical (unpaired) electrons. The molecule has 0 aliphatic rings. The maximum Gasteiger partial charge on any atom is 0.317 e. The minimum atomic E-state index is -1.11. The molecule has 84 valence electrons. The molecule has 5 heteroatoms. The van der Waals surface area contributed by atoms with Crippen LogP contribution in [0.1, 0.15) is 12.0 Å². The normalized spacial score (nSPS) is 9.19. The van der Waals surface area contributed by atoms with Gasteiger partial charge in [-0.25, -0.2) is 8.78 Å². The first-order chi connectivity index (χ1) is 7.56. The zero-order chi connectivity index (χ0) is 12.1. The molecule has 0 fully saturated rings. The summed E-state index contributed by atoms with van der Waals surface area (Å²) in [6.07, 6.45) is -0.202. The van der Waals surface area contributed by atoms with E-state index >= 15 is 0 Å². The van der Waals surface area contributed by atoms with Crippen molar-refractivity contribution >= 4 is 11.7 Å². The van der Waals surface area contributed by atoms with E-state index in [1.54, 1.807) is 0 Å². The van der Waals surface area contributed by atoms with Crippen LogP contribution in [0.5, 0.6) is 0 Å². The zero-order valence-corrected chi connectivity index (χ0v) is 8.51. The summed E-state index contributed by atoms with van der Waals surface area (Å²) < 4.78 is 30.3. The lowest BCUT2D eigenvalue weighted by Gasteiger charge is -2.00. The summed E-state index contributed by atoms with van der Waals surface area (Å²) in [5, 5.41) is 0. The molecule has 0 spiro atoms. The summed E-state index contributed by atoms with van der Waals surface area (Å²) in [6, 6.07) is 2.12. The predicted molar refractivity (Wildman–Crippen MR) is 54.3 cm³/mol. The molecule has 2 N–H and O–H groups in total. The maximum absolute atomic E-state index is 13.2. The summed E-state index contributed by atoms with van der Waals surface area (Å²) in [5.41, 5.74) is 5.19. The molecule has 1 aromatic rings. The van der Waals surface area contributed by atoms with Gasteiger partial charge in [0.25, 0.3) is 0 Å². The molecule has 1 rings (SSSR count). The topological polar surface area (TPSA) is 52.3 Å². The summed E-state index contributed by atoms with van der Waals surface area (Å²) in [4.78, 5) is 10.7. The number of carbonyl (C=O) groups is 1. The minimum absolute atomic E-state index is 0.0243. The number of benzene rings is 1. The van der Waals surface area contributed by atoms with Crippen LogP contribution in [0.3, 0.4) is 0 Å². The van der Waals surface area contributed by atoms with Gasteiger partial charge in [-0.05, 0) is 12.1 Å². The van der Waals surface area contributed by atoms with Crippen molar-refractivity contribution in [1.29, 1.82) is 0 Å². The molecule has 0 saturated carbocycles. The van der Waals surface area contributed by atoms with E-state index in [9.17, 15) is 13.6 Å². The van der Waals surface area contributed by atoms with Gasteiger partial charge in [0, 0.05) is 0 Å². The maximum atomic E-state index is 13.2. The highest BCUT2D eigenvalue weighted by Crippen LogP contribution is 2.17. The van der Waals surface area contributed by atoms with E-state index in [4.69, 9.17) is 5.73 Å². The number of rotatable bonds is 1. The number of halogens is 2. The van der Waals surface area contributed by atoms with Crippen LogP contribution in [0.4, 0.5) is 14.5 Å². The van der Waals surface area contributed by atoms with E-state index < -0.39 is 17.6 Å². The summed E-state index contributed by atoms with van der Waals surface area (Å²) in [7, 11) is 1.21. The van der Waals surface area contributed by atoms with Crippen molar-refractivity contribution in [1.82, 2.24) is 0 Å². The fourth-order valence-electron chi connectivity index (χ4n) is 0.970. The fourth-order valence-corrected chi connectivity index (χ4v) is 0.970. The Morgan fingerprint density at radius 2 is 2.19 bits per heavy atom. The van der Waals surface area contributed by atoms with E-state index in [1.807, 2.05) is 0 Å². The first-order valence-corrected chi connectivity index (χ1v) is 4.35. The van der Waals surface area contributed by atoms with E-state index in [2.05, 4.69) is 16.6 Å². The molecular weight excluding hydrogens is 216 g/mol. The van der Waals surface area contributed by atoms with Crippen molar-refractivity contribution in [2.75, 3.05) is 12.8 Å². The number of esters is 1. The second-order valence-corrected chi connectivity index (χ2v) is 2.88. The van der Waals surface area contributed by atoms with Crippen molar-refractivity contribution in [2.45, 2.75) is 6.42 Å². The first kappa shape index (κ1) is 12.0. The van der Waals surface area contributed by atoms with Gasteiger partial charge < -0.3 is 10.5 Å². The van der Waals surface area contributed by atoms with Crippen molar-refractivity contribution in [3.63, 3.8) is 0 Å². The number of carbonyl (C=O) groups excluding carboxylic acids is 1. The third-order valence-corrected chi connectivity index (χ3v) is 1.80. The van der Waals surface area contributed by atoms with E-state index in [0.29, 0.717) is 0 Å². The Balaban J connectivity index is 2.96. The Kier molecular flexibility index (Phi) is 3.84. The highest BCUT2D eigenvalue weighted by atomic mass is 19.2. The van der Waals surface area contributed by atoms with Gasteiger partial charge in [0.1, 0.15) is 6.42 Å². The number of nitrogen functional groups attached to an aromatic ring is 1. The second kappa shape index (κ2) is 5.12. The van der Waals surface area contributed by atoms with E-state index in [-0.39, 0.29) is 17.7 Å². The average Bonchev–Trinajstić information content (AvgIpc) is 2.28. The molecular formula is C11H9F2NO2. The molecule has 1 aromatic carbocycles. The van der Waals surface area contributed by atoms with Crippen molar-refractivity contribution in [3.05, 3.63) is 29.3 Å². The van der Waals surface area contributed by atoms with Crippen molar-refractivity contribution in [2.24, 2.45) is 0 Å². The van der Waals surface area contributed by atoms with Gasteiger partial charge in [-0.2, -0.15) is 0 Å². The van der Waals surface area contributed by atoms with Crippen LogP contribution in [0.2, 0.25) is 0 Å². The van der Waals surface area contributed by atoms with Gasteiger partial charge in [-0.15, -0.1) is 0 Å². The Morgan fingerprint density at radius 1 is 1.50 bits per heavy atom. The van der Waals surface area contributed by atoms with Gasteiger partial charge >= 0.3 is 5.97 Å². The number of ether oxygens (including phenoxy) is 1. The Labute approximate surface area is 91.2 Å². The molecule has 0 aromatic heterocycles. The van der Waals surface area contributed by atoms with Crippen molar-refractivity contribution < 1.29 is 18.3 Å². The lowest BCUT2D eigenvalue weighted by Crippen LogP contribution is -1.99. The smallest absolute Gasteiger partial charge is 0.317 e. The zero-order valence-electron chi connectivity index (χ0n) is 8.51. The lowest BCUT2D eigenvalue weighted by molar-refractivity contribution is -0.139. The van der Waals surface area contributed by atoms with Crippen LogP contribution < -0.4 is 5.73 Å². The van der Waals surface area contributed by atoms with E-state index in [0.717, 1.165) is 6.07 Å². The standard InChI is InChI=1S/C11H9F2NO2/c1-16-10(15)4-2-3-7-9(14)6-5-8(12)11(7)13/h5-6H,4,14H2,1H3. The first-order valence-electron chi connectivity index (χ1n) is 4.35. The summed E-state index contributed by atoms with van der Waals surface area (Å²) in [6.45, 7) is 0. The number of hydrogen-bond acceptors (Lipinski definition) is 3. The Hall–Kier alpha value is -2.09. The van der Waals surface area contributed by atoms with Gasteiger partial charge in [-0.1, -0.05) is 11.8 Å². The van der Waals surface area contributed by atoms with Crippen LogP contribution >= 0.6 is 0 Å². The van der Waals surface area contributed by atoms with Gasteiger partial charge in [-0.3, -0.25) is 4.79 Å². The number of methoxy groups -OCH3 is 1. The molecule has 0 heterocycles. The van der Waals surface area contributed by atoms with Crippen LogP contribution in [-0.2, 0) is 9.53 Å². The average molecular weight is 225 g/mol. The molecule has 0 aliphatic heterocycles. The SMILES string of the molecule is COC(=O)CC#Cc1c(N)ccc(F)c1F. The molecule has 16 heavy (non-hydrogen) atoms. The number of anilines is 1. The van der Waals surface area contributed by atoms with Gasteiger partial charge in [0.15, 0.2) is 11.6 Å². The highest BCUT2D eigenvalue weighted by molar-refractivity contribution is 5.72. The van der Waals surface area contributed by atoms with Crippen molar-refractivity contribution in [3.8, 4) is 11.8 Å². The molecule has 0 bridgehead atoms. The molecule has 0 atom stereocenters. The van der Waals surface area contributed by atoms with Crippen LogP contribution in [0.25, 0.3) is 0 Å². The molecule has 3 nitrogen and oxygen atoms in total. The quantitative estimate of drug-likeness (QED) is 0.447. The van der Waals surface area contributed by atoms with Gasteiger partial charge in [0.05, 0.1) is 18.4 Å². The summed E-state index contributed by atoms with van der Waals surface area (Å²) in [5.74, 6) is 1.95. The Bertz CT molecular complexity index is 475. The summed E-state index contributed by atoms with van der Waals surface area (Å²) >= 11 is 0. The molecule has 0 amide bonds. The molecule has 0 unspecified atom stereocenters. The van der Waals surface area contributed by atoms with Crippen LogP contribution in [-0.4, -0.2) is 13.1 Å². The monoisotopic (exact) mass is 225 g/mol. The second-order valence-electron chi connectivity index (χ2n) is 2.88. The third kappa shape index (κ3) is 2.70.